The van der Waals surface area contributed by atoms with Crippen LogP contribution in [0, 0.1) is 0 Å². The first-order valence-electron chi connectivity index (χ1n) is 11.5. The maximum absolute atomic E-state index is 13.4. The van der Waals surface area contributed by atoms with Gasteiger partial charge in [-0.3, -0.25) is 9.69 Å². The number of hydrogen-bond donors (Lipinski definition) is 0. The van der Waals surface area contributed by atoms with E-state index in [1.165, 1.54) is 11.1 Å². The summed E-state index contributed by atoms with van der Waals surface area (Å²) >= 11 is 0. The Balaban J connectivity index is 1.35. The van der Waals surface area contributed by atoms with E-state index in [1.54, 1.807) is 6.26 Å². The molecular weight excluding hydrogens is 398 g/mol. The molecule has 0 radical (unpaired) electrons. The van der Waals surface area contributed by atoms with Crippen molar-refractivity contribution in [1.82, 2.24) is 14.4 Å². The molecule has 2 aromatic carbocycles. The lowest BCUT2D eigenvalue weighted by Gasteiger charge is -2.39. The summed E-state index contributed by atoms with van der Waals surface area (Å²) < 4.78 is 7.67. The molecule has 0 bridgehead atoms. The number of aromatic nitrogens is 1. The zero-order valence-corrected chi connectivity index (χ0v) is 18.5. The van der Waals surface area contributed by atoms with Gasteiger partial charge < -0.3 is 13.9 Å². The SMILES string of the molecule is CCCn1c(C(=O)N2CCN(C(c3ccccc3)c3ccccc3)CC2)cc2occc21. The largest absolute Gasteiger partial charge is 0.463 e. The minimum absolute atomic E-state index is 0.0977. The smallest absolute Gasteiger partial charge is 0.270 e. The average Bonchev–Trinajstić information content (AvgIpc) is 3.44. The van der Waals surface area contributed by atoms with E-state index in [1.807, 2.05) is 17.0 Å². The molecule has 0 unspecified atom stereocenters. The van der Waals surface area contributed by atoms with Crippen molar-refractivity contribution in [3.05, 3.63) is 95.9 Å². The summed E-state index contributed by atoms with van der Waals surface area (Å²) in [5, 5.41) is 0. The fourth-order valence-corrected chi connectivity index (χ4v) is 4.85. The number of hydrogen-bond acceptors (Lipinski definition) is 3. The number of piperazine rings is 1. The summed E-state index contributed by atoms with van der Waals surface area (Å²) in [6.45, 7) is 6.05. The lowest BCUT2D eigenvalue weighted by molar-refractivity contribution is 0.0587. The van der Waals surface area contributed by atoms with E-state index in [4.69, 9.17) is 4.42 Å². The molecule has 5 rings (SSSR count). The maximum Gasteiger partial charge on any atom is 0.270 e. The van der Waals surface area contributed by atoms with E-state index >= 15 is 0 Å². The monoisotopic (exact) mass is 427 g/mol. The van der Waals surface area contributed by atoms with Crippen molar-refractivity contribution in [2.24, 2.45) is 0 Å². The highest BCUT2D eigenvalue weighted by Gasteiger charge is 2.30. The lowest BCUT2D eigenvalue weighted by atomic mass is 9.96. The Morgan fingerprint density at radius 3 is 2.12 bits per heavy atom. The van der Waals surface area contributed by atoms with Crippen molar-refractivity contribution in [3.63, 3.8) is 0 Å². The second kappa shape index (κ2) is 9.05. The Hall–Kier alpha value is -3.31. The number of nitrogens with zero attached hydrogens (tertiary/aromatic N) is 3. The second-order valence-corrected chi connectivity index (χ2v) is 8.40. The van der Waals surface area contributed by atoms with Gasteiger partial charge in [0.15, 0.2) is 5.58 Å². The summed E-state index contributed by atoms with van der Waals surface area (Å²) in [4.78, 5) is 17.9. The van der Waals surface area contributed by atoms with Gasteiger partial charge in [-0.2, -0.15) is 0 Å². The van der Waals surface area contributed by atoms with E-state index in [9.17, 15) is 4.79 Å². The highest BCUT2D eigenvalue weighted by atomic mass is 16.3. The lowest BCUT2D eigenvalue weighted by Crippen LogP contribution is -2.50. The van der Waals surface area contributed by atoms with Crippen LogP contribution in [0.15, 0.2) is 83.5 Å². The molecule has 1 aliphatic heterocycles. The number of aryl methyl sites for hydroxylation is 1. The molecule has 0 N–H and O–H groups in total. The Bertz CT molecular complexity index is 1130. The summed E-state index contributed by atoms with van der Waals surface area (Å²) in [7, 11) is 0. The summed E-state index contributed by atoms with van der Waals surface area (Å²) in [6, 6.07) is 25.3. The zero-order chi connectivity index (χ0) is 21.9. The highest BCUT2D eigenvalue weighted by Crippen LogP contribution is 2.30. The van der Waals surface area contributed by atoms with E-state index < -0.39 is 0 Å². The normalized spacial score (nSPS) is 15.0. The fourth-order valence-electron chi connectivity index (χ4n) is 4.85. The minimum Gasteiger partial charge on any atom is -0.463 e. The van der Waals surface area contributed by atoms with Crippen LogP contribution >= 0.6 is 0 Å². The van der Waals surface area contributed by atoms with Crippen LogP contribution in [0.1, 0.15) is 41.0 Å². The van der Waals surface area contributed by atoms with Gasteiger partial charge in [0.05, 0.1) is 17.8 Å². The number of rotatable bonds is 6. The molecule has 5 heteroatoms. The van der Waals surface area contributed by atoms with Crippen LogP contribution in [-0.4, -0.2) is 46.5 Å². The molecule has 2 aromatic heterocycles. The van der Waals surface area contributed by atoms with Gasteiger partial charge in [0.25, 0.3) is 5.91 Å². The van der Waals surface area contributed by atoms with Gasteiger partial charge in [0.1, 0.15) is 5.69 Å². The van der Waals surface area contributed by atoms with E-state index in [0.717, 1.165) is 42.8 Å². The zero-order valence-electron chi connectivity index (χ0n) is 18.5. The molecule has 0 atom stereocenters. The van der Waals surface area contributed by atoms with Gasteiger partial charge in [-0.05, 0) is 17.5 Å². The van der Waals surface area contributed by atoms with E-state index in [-0.39, 0.29) is 11.9 Å². The molecular formula is C27H29N3O2. The number of benzene rings is 2. The summed E-state index contributed by atoms with van der Waals surface area (Å²) in [5.41, 5.74) is 5.10. The van der Waals surface area contributed by atoms with Gasteiger partial charge in [-0.1, -0.05) is 67.6 Å². The molecule has 5 nitrogen and oxygen atoms in total. The van der Waals surface area contributed by atoms with Crippen LogP contribution in [0.4, 0.5) is 0 Å². The summed E-state index contributed by atoms with van der Waals surface area (Å²) in [6.07, 6.45) is 2.66. The first kappa shape index (κ1) is 20.6. The third kappa shape index (κ3) is 3.84. The number of furan rings is 1. The summed E-state index contributed by atoms with van der Waals surface area (Å²) in [5.74, 6) is 0.0977. The van der Waals surface area contributed by atoms with Gasteiger partial charge in [0.2, 0.25) is 0 Å². The maximum atomic E-state index is 13.4. The molecule has 1 saturated heterocycles. The topological polar surface area (TPSA) is 41.6 Å². The van der Waals surface area contributed by atoms with Crippen LogP contribution in [0.5, 0.6) is 0 Å². The Morgan fingerprint density at radius 1 is 0.906 bits per heavy atom. The number of carbonyl (C=O) groups excluding carboxylic acids is 1. The van der Waals surface area contributed by atoms with Crippen LogP contribution in [0.3, 0.4) is 0 Å². The van der Waals surface area contributed by atoms with Crippen LogP contribution in [0.2, 0.25) is 0 Å². The van der Waals surface area contributed by atoms with E-state index in [2.05, 4.69) is 77.1 Å². The third-order valence-corrected chi connectivity index (χ3v) is 6.39. The predicted molar refractivity (Wildman–Crippen MR) is 127 cm³/mol. The van der Waals surface area contributed by atoms with Crippen molar-refractivity contribution in [3.8, 4) is 0 Å². The Kier molecular flexibility index (Phi) is 5.82. The standard InChI is InChI=1S/C27H29N3O2/c1-2-14-30-23-13-19-32-25(23)20-24(30)27(31)29-17-15-28(16-18-29)26(21-9-5-3-6-10-21)22-11-7-4-8-12-22/h3-13,19-20,26H,2,14-18H2,1H3. The van der Waals surface area contributed by atoms with Crippen LogP contribution in [0.25, 0.3) is 11.1 Å². The van der Waals surface area contributed by atoms with Crippen molar-refractivity contribution >= 4 is 17.0 Å². The molecule has 1 fully saturated rings. The molecule has 164 valence electrons. The minimum atomic E-state index is 0.0977. The molecule has 32 heavy (non-hydrogen) atoms. The quantitative estimate of drug-likeness (QED) is 0.425. The first-order chi connectivity index (χ1) is 15.8. The average molecular weight is 428 g/mol. The van der Waals surface area contributed by atoms with Gasteiger partial charge in [-0.25, -0.2) is 0 Å². The molecule has 1 aliphatic rings. The van der Waals surface area contributed by atoms with Crippen LogP contribution in [-0.2, 0) is 6.54 Å². The predicted octanol–water partition coefficient (Wildman–Crippen LogP) is 5.19. The van der Waals surface area contributed by atoms with Crippen molar-refractivity contribution in [1.29, 1.82) is 0 Å². The fraction of sp³-hybridized carbons (Fsp3) is 0.296. The van der Waals surface area contributed by atoms with E-state index in [0.29, 0.717) is 13.1 Å². The van der Waals surface area contributed by atoms with Crippen molar-refractivity contribution < 1.29 is 9.21 Å². The van der Waals surface area contributed by atoms with Gasteiger partial charge in [0, 0.05) is 44.9 Å². The number of carbonyl (C=O) groups is 1. The molecule has 1 amide bonds. The van der Waals surface area contributed by atoms with Crippen molar-refractivity contribution in [2.45, 2.75) is 25.9 Å². The highest BCUT2D eigenvalue weighted by molar-refractivity contribution is 5.97. The Morgan fingerprint density at radius 2 is 1.53 bits per heavy atom. The third-order valence-electron chi connectivity index (χ3n) is 6.39. The molecule has 4 aromatic rings. The number of amides is 1. The molecule has 0 spiro atoms. The van der Waals surface area contributed by atoms with Gasteiger partial charge >= 0.3 is 0 Å². The molecule has 0 saturated carbocycles. The van der Waals surface area contributed by atoms with Crippen LogP contribution < -0.4 is 0 Å². The molecule has 3 heterocycles. The Labute approximate surface area is 188 Å². The van der Waals surface area contributed by atoms with Crippen molar-refractivity contribution in [2.75, 3.05) is 26.2 Å². The number of fused-ring (bicyclic) bond motifs is 1. The van der Waals surface area contributed by atoms with Gasteiger partial charge in [-0.15, -0.1) is 0 Å². The molecule has 0 aliphatic carbocycles. The first-order valence-corrected chi connectivity index (χ1v) is 11.5. The second-order valence-electron chi connectivity index (χ2n) is 8.40.